The van der Waals surface area contributed by atoms with Crippen LogP contribution in [0.2, 0.25) is 0 Å². The van der Waals surface area contributed by atoms with Gasteiger partial charge in [0.15, 0.2) is 0 Å². The van der Waals surface area contributed by atoms with Crippen molar-refractivity contribution in [2.75, 3.05) is 5.32 Å². The Morgan fingerprint density at radius 1 is 1.28 bits per heavy atom. The van der Waals surface area contributed by atoms with Crippen molar-refractivity contribution in [2.24, 2.45) is 5.92 Å². The molecule has 1 N–H and O–H groups in total. The number of hydrogen-bond donors (Lipinski definition) is 1. The van der Waals surface area contributed by atoms with Gasteiger partial charge in [-0.05, 0) is 59.3 Å². The Balaban J connectivity index is 2.78. The predicted octanol–water partition coefficient (Wildman–Crippen LogP) is 5.52. The summed E-state index contributed by atoms with van der Waals surface area (Å²) in [5.74, 6) is 0.490. The van der Waals surface area contributed by atoms with Gasteiger partial charge in [-0.25, -0.2) is 4.39 Å². The molecule has 1 aromatic rings. The van der Waals surface area contributed by atoms with Crippen LogP contribution in [0.4, 0.5) is 10.1 Å². The van der Waals surface area contributed by atoms with E-state index < -0.39 is 0 Å². The van der Waals surface area contributed by atoms with E-state index in [0.29, 0.717) is 16.4 Å². The van der Waals surface area contributed by atoms with Gasteiger partial charge in [0.2, 0.25) is 0 Å². The standard InChI is InChI=1S/C15H23BrFN/c1-5-10(3)7-12(6-2)18-15-9-14(17)13(16)8-11(15)4/h8-10,12,18H,5-7H2,1-4H3. The lowest BCUT2D eigenvalue weighted by molar-refractivity contribution is 0.461. The lowest BCUT2D eigenvalue weighted by Gasteiger charge is -2.22. The Kier molecular flexibility index (Phi) is 6.13. The first-order chi connectivity index (χ1) is 8.47. The number of benzene rings is 1. The molecule has 1 aromatic carbocycles. The smallest absolute Gasteiger partial charge is 0.139 e. The zero-order chi connectivity index (χ0) is 13.7. The summed E-state index contributed by atoms with van der Waals surface area (Å²) in [5, 5.41) is 3.47. The van der Waals surface area contributed by atoms with Crippen molar-refractivity contribution < 1.29 is 4.39 Å². The van der Waals surface area contributed by atoms with E-state index in [4.69, 9.17) is 0 Å². The molecule has 0 bridgehead atoms. The van der Waals surface area contributed by atoms with Crippen LogP contribution in [0.25, 0.3) is 0 Å². The van der Waals surface area contributed by atoms with E-state index in [1.807, 2.05) is 13.0 Å². The van der Waals surface area contributed by atoms with Crippen molar-refractivity contribution in [3.05, 3.63) is 28.0 Å². The number of nitrogens with one attached hydrogen (secondary N) is 1. The first-order valence-corrected chi connectivity index (χ1v) is 7.49. The maximum atomic E-state index is 13.6. The molecular weight excluding hydrogens is 293 g/mol. The molecule has 0 aromatic heterocycles. The molecule has 1 nitrogen and oxygen atoms in total. The van der Waals surface area contributed by atoms with Crippen molar-refractivity contribution in [2.45, 2.75) is 53.0 Å². The average molecular weight is 316 g/mol. The van der Waals surface area contributed by atoms with Gasteiger partial charge in [-0.15, -0.1) is 0 Å². The van der Waals surface area contributed by atoms with Crippen LogP contribution in [0.5, 0.6) is 0 Å². The molecule has 2 unspecified atom stereocenters. The van der Waals surface area contributed by atoms with Gasteiger partial charge in [0, 0.05) is 11.7 Å². The number of aryl methyl sites for hydroxylation is 1. The second-order valence-corrected chi connectivity index (χ2v) is 5.93. The van der Waals surface area contributed by atoms with E-state index in [2.05, 4.69) is 42.0 Å². The fourth-order valence-electron chi connectivity index (χ4n) is 2.00. The third-order valence-electron chi connectivity index (χ3n) is 3.50. The van der Waals surface area contributed by atoms with Crippen LogP contribution in [-0.4, -0.2) is 6.04 Å². The minimum atomic E-state index is -0.207. The molecule has 3 heteroatoms. The molecule has 102 valence electrons. The van der Waals surface area contributed by atoms with Gasteiger partial charge in [0.1, 0.15) is 5.82 Å². The highest BCUT2D eigenvalue weighted by Gasteiger charge is 2.12. The molecule has 0 fully saturated rings. The van der Waals surface area contributed by atoms with E-state index in [0.717, 1.165) is 24.1 Å². The summed E-state index contributed by atoms with van der Waals surface area (Å²) in [6, 6.07) is 3.83. The Morgan fingerprint density at radius 3 is 2.50 bits per heavy atom. The molecule has 0 aliphatic rings. The molecule has 18 heavy (non-hydrogen) atoms. The van der Waals surface area contributed by atoms with Gasteiger partial charge < -0.3 is 5.32 Å². The second-order valence-electron chi connectivity index (χ2n) is 5.08. The predicted molar refractivity (Wildman–Crippen MR) is 80.6 cm³/mol. The highest BCUT2D eigenvalue weighted by atomic mass is 79.9. The van der Waals surface area contributed by atoms with E-state index >= 15 is 0 Å². The van der Waals surface area contributed by atoms with Gasteiger partial charge in [-0.3, -0.25) is 0 Å². The third kappa shape index (κ3) is 4.27. The molecule has 0 heterocycles. The Bertz CT molecular complexity index is 392. The zero-order valence-electron chi connectivity index (χ0n) is 11.7. The molecule has 0 aliphatic heterocycles. The van der Waals surface area contributed by atoms with Crippen molar-refractivity contribution in [1.82, 2.24) is 0 Å². The maximum Gasteiger partial charge on any atom is 0.139 e. The van der Waals surface area contributed by atoms with Crippen molar-refractivity contribution >= 4 is 21.6 Å². The zero-order valence-corrected chi connectivity index (χ0v) is 13.3. The molecular formula is C15H23BrFN. The normalized spacial score (nSPS) is 14.3. The van der Waals surface area contributed by atoms with Crippen LogP contribution in [0, 0.1) is 18.7 Å². The lowest BCUT2D eigenvalue weighted by Crippen LogP contribution is -2.21. The molecule has 0 amide bonds. The quantitative estimate of drug-likeness (QED) is 0.728. The number of anilines is 1. The Hall–Kier alpha value is -0.570. The van der Waals surface area contributed by atoms with Crippen LogP contribution < -0.4 is 5.32 Å². The Morgan fingerprint density at radius 2 is 1.94 bits per heavy atom. The van der Waals surface area contributed by atoms with Gasteiger partial charge >= 0.3 is 0 Å². The molecule has 0 saturated heterocycles. The van der Waals surface area contributed by atoms with E-state index in [-0.39, 0.29) is 5.82 Å². The van der Waals surface area contributed by atoms with Crippen molar-refractivity contribution in [3.63, 3.8) is 0 Å². The summed E-state index contributed by atoms with van der Waals surface area (Å²) in [5.41, 5.74) is 1.98. The summed E-state index contributed by atoms with van der Waals surface area (Å²) in [7, 11) is 0. The summed E-state index contributed by atoms with van der Waals surface area (Å²) in [4.78, 5) is 0. The van der Waals surface area contributed by atoms with Gasteiger partial charge in [0.25, 0.3) is 0 Å². The SMILES string of the molecule is CCC(C)CC(CC)Nc1cc(F)c(Br)cc1C. The van der Waals surface area contributed by atoms with Gasteiger partial charge in [0.05, 0.1) is 4.47 Å². The van der Waals surface area contributed by atoms with Crippen molar-refractivity contribution in [1.29, 1.82) is 0 Å². The van der Waals surface area contributed by atoms with E-state index in [1.165, 1.54) is 6.42 Å². The van der Waals surface area contributed by atoms with Crippen LogP contribution in [0.15, 0.2) is 16.6 Å². The molecule has 0 aliphatic carbocycles. The summed E-state index contributed by atoms with van der Waals surface area (Å²) >= 11 is 3.21. The lowest BCUT2D eigenvalue weighted by atomic mass is 9.97. The number of hydrogen-bond acceptors (Lipinski definition) is 1. The number of halogens is 2. The highest BCUT2D eigenvalue weighted by molar-refractivity contribution is 9.10. The molecule has 0 saturated carbocycles. The highest BCUT2D eigenvalue weighted by Crippen LogP contribution is 2.26. The van der Waals surface area contributed by atoms with Crippen LogP contribution in [-0.2, 0) is 0 Å². The second kappa shape index (κ2) is 7.13. The summed E-state index contributed by atoms with van der Waals surface area (Å²) < 4.78 is 14.1. The molecule has 0 spiro atoms. The first kappa shape index (κ1) is 15.5. The molecule has 2 atom stereocenters. The van der Waals surface area contributed by atoms with Crippen LogP contribution in [0.1, 0.15) is 45.6 Å². The van der Waals surface area contributed by atoms with Crippen LogP contribution >= 0.6 is 15.9 Å². The molecule has 0 radical (unpaired) electrons. The first-order valence-electron chi connectivity index (χ1n) is 6.70. The minimum Gasteiger partial charge on any atom is -0.382 e. The summed E-state index contributed by atoms with van der Waals surface area (Å²) in [6.45, 7) is 8.65. The van der Waals surface area contributed by atoms with E-state index in [9.17, 15) is 4.39 Å². The Labute approximate surface area is 118 Å². The largest absolute Gasteiger partial charge is 0.382 e. The fourth-order valence-corrected chi connectivity index (χ4v) is 2.46. The topological polar surface area (TPSA) is 12.0 Å². The van der Waals surface area contributed by atoms with Crippen molar-refractivity contribution in [3.8, 4) is 0 Å². The average Bonchev–Trinajstić information content (AvgIpc) is 2.34. The minimum absolute atomic E-state index is 0.207. The van der Waals surface area contributed by atoms with E-state index in [1.54, 1.807) is 6.07 Å². The molecule has 1 rings (SSSR count). The number of rotatable bonds is 6. The van der Waals surface area contributed by atoms with Gasteiger partial charge in [-0.2, -0.15) is 0 Å². The van der Waals surface area contributed by atoms with Crippen LogP contribution in [0.3, 0.4) is 0 Å². The fraction of sp³-hybridized carbons (Fsp3) is 0.600. The maximum absolute atomic E-state index is 13.6. The van der Waals surface area contributed by atoms with Gasteiger partial charge in [-0.1, -0.05) is 27.2 Å². The third-order valence-corrected chi connectivity index (χ3v) is 4.11. The monoisotopic (exact) mass is 315 g/mol. The summed E-state index contributed by atoms with van der Waals surface area (Å²) in [6.07, 6.45) is 3.37.